The van der Waals surface area contributed by atoms with Crippen molar-refractivity contribution >= 4 is 15.9 Å². The predicted molar refractivity (Wildman–Crippen MR) is 63.4 cm³/mol. The molecule has 0 fully saturated rings. The Morgan fingerprint density at radius 2 is 1.67 bits per heavy atom. The molecule has 1 aromatic rings. The zero-order valence-electron chi connectivity index (χ0n) is 9.27. The summed E-state index contributed by atoms with van der Waals surface area (Å²) in [5, 5.41) is 0. The fourth-order valence-corrected chi connectivity index (χ4v) is 1.76. The van der Waals surface area contributed by atoms with Crippen LogP contribution in [0.5, 0.6) is 0 Å². The van der Waals surface area contributed by atoms with Gasteiger partial charge in [0.25, 0.3) is 0 Å². The van der Waals surface area contributed by atoms with Crippen molar-refractivity contribution in [3.8, 4) is 0 Å². The molecule has 82 valence electrons. The van der Waals surface area contributed by atoms with Gasteiger partial charge in [-0.3, -0.25) is 0 Å². The van der Waals surface area contributed by atoms with E-state index in [0.29, 0.717) is 10.8 Å². The number of sulfone groups is 1. The second kappa shape index (κ2) is 4.62. The third kappa shape index (κ3) is 3.88. The molecule has 0 radical (unpaired) electrons. The Morgan fingerprint density at radius 3 is 2.07 bits per heavy atom. The van der Waals surface area contributed by atoms with Gasteiger partial charge in [-0.1, -0.05) is 38.1 Å². The lowest BCUT2D eigenvalue weighted by Gasteiger charge is -1.99. The first kappa shape index (κ1) is 12.0. The Labute approximate surface area is 91.6 Å². The minimum absolute atomic E-state index is 0.365. The Bertz CT molecular complexity index is 439. The molecule has 0 spiro atoms. The number of hydrogen-bond donors (Lipinski definition) is 0. The number of hydrogen-bond acceptors (Lipinski definition) is 2. The van der Waals surface area contributed by atoms with Gasteiger partial charge in [-0.05, 0) is 23.6 Å². The van der Waals surface area contributed by atoms with Gasteiger partial charge in [-0.2, -0.15) is 0 Å². The molecule has 0 unspecified atom stereocenters. The molecule has 0 aliphatic rings. The summed E-state index contributed by atoms with van der Waals surface area (Å²) in [6.07, 6.45) is 5.29. The molecule has 0 saturated heterocycles. The first-order valence-electron chi connectivity index (χ1n) is 4.88. The van der Waals surface area contributed by atoms with E-state index in [0.717, 1.165) is 5.56 Å². The third-order valence-corrected chi connectivity index (χ3v) is 3.11. The van der Waals surface area contributed by atoms with E-state index in [1.54, 1.807) is 12.1 Å². The Hall–Kier alpha value is -1.09. The Balaban J connectivity index is 2.91. The lowest BCUT2D eigenvalue weighted by Crippen LogP contribution is -1.96. The van der Waals surface area contributed by atoms with E-state index in [-0.39, 0.29) is 0 Å². The highest BCUT2D eigenvalue weighted by Gasteiger charge is 2.04. The van der Waals surface area contributed by atoms with Crippen molar-refractivity contribution in [1.82, 2.24) is 0 Å². The fraction of sp³-hybridized carbons (Fsp3) is 0.333. The normalized spacial score (nSPS) is 12.5. The van der Waals surface area contributed by atoms with Crippen LogP contribution in [0, 0.1) is 5.92 Å². The molecule has 1 aromatic carbocycles. The third-order valence-electron chi connectivity index (χ3n) is 1.98. The van der Waals surface area contributed by atoms with Gasteiger partial charge >= 0.3 is 0 Å². The van der Waals surface area contributed by atoms with E-state index in [9.17, 15) is 8.42 Å². The van der Waals surface area contributed by atoms with Crippen molar-refractivity contribution in [2.24, 2.45) is 5.92 Å². The van der Waals surface area contributed by atoms with Crippen LogP contribution in [-0.2, 0) is 9.84 Å². The smallest absolute Gasteiger partial charge is 0.175 e. The van der Waals surface area contributed by atoms with Crippen LogP contribution in [0.3, 0.4) is 0 Å². The lowest BCUT2D eigenvalue weighted by atomic mass is 10.1. The van der Waals surface area contributed by atoms with E-state index in [2.05, 4.69) is 19.9 Å². The van der Waals surface area contributed by atoms with Crippen molar-refractivity contribution < 1.29 is 8.42 Å². The average Bonchev–Trinajstić information content (AvgIpc) is 2.14. The minimum Gasteiger partial charge on any atom is -0.224 e. The molecular formula is C12H16O2S. The quantitative estimate of drug-likeness (QED) is 0.791. The highest BCUT2D eigenvalue weighted by atomic mass is 32.2. The van der Waals surface area contributed by atoms with Crippen molar-refractivity contribution in [3.63, 3.8) is 0 Å². The van der Waals surface area contributed by atoms with Crippen LogP contribution in [0.4, 0.5) is 0 Å². The molecule has 0 aliphatic carbocycles. The summed E-state index contributed by atoms with van der Waals surface area (Å²) in [7, 11) is -3.07. The molecule has 0 heterocycles. The summed E-state index contributed by atoms with van der Waals surface area (Å²) < 4.78 is 22.4. The van der Waals surface area contributed by atoms with Gasteiger partial charge in [0.05, 0.1) is 4.90 Å². The molecule has 0 atom stereocenters. The Morgan fingerprint density at radius 1 is 1.13 bits per heavy atom. The monoisotopic (exact) mass is 224 g/mol. The van der Waals surface area contributed by atoms with E-state index in [1.807, 2.05) is 18.2 Å². The fourth-order valence-electron chi connectivity index (χ4n) is 1.13. The zero-order valence-corrected chi connectivity index (χ0v) is 10.1. The second-order valence-corrected chi connectivity index (χ2v) is 5.96. The van der Waals surface area contributed by atoms with Gasteiger partial charge < -0.3 is 0 Å². The molecule has 2 nitrogen and oxygen atoms in total. The second-order valence-electron chi connectivity index (χ2n) is 3.94. The average molecular weight is 224 g/mol. The molecule has 15 heavy (non-hydrogen) atoms. The van der Waals surface area contributed by atoms with Gasteiger partial charge in [0.1, 0.15) is 0 Å². The van der Waals surface area contributed by atoms with Crippen LogP contribution in [-0.4, -0.2) is 14.7 Å². The highest BCUT2D eigenvalue weighted by Crippen LogP contribution is 2.12. The summed E-state index contributed by atoms with van der Waals surface area (Å²) in [6.45, 7) is 4.20. The summed E-state index contributed by atoms with van der Waals surface area (Å²) in [5.74, 6) is 0.500. The van der Waals surface area contributed by atoms with Gasteiger partial charge in [0.2, 0.25) is 0 Å². The van der Waals surface area contributed by atoms with Crippen LogP contribution in [0.25, 0.3) is 6.08 Å². The van der Waals surface area contributed by atoms with E-state index in [1.165, 1.54) is 6.26 Å². The van der Waals surface area contributed by atoms with Gasteiger partial charge in [0.15, 0.2) is 9.84 Å². The lowest BCUT2D eigenvalue weighted by molar-refractivity contribution is 0.602. The topological polar surface area (TPSA) is 34.1 Å². The first-order valence-corrected chi connectivity index (χ1v) is 6.77. The maximum absolute atomic E-state index is 11.2. The number of rotatable bonds is 3. The van der Waals surface area contributed by atoms with E-state index < -0.39 is 9.84 Å². The standard InChI is InChI=1S/C12H16O2S/c1-10(2)4-5-11-6-8-12(9-7-11)15(3,13)14/h4-10H,1-3H3. The minimum atomic E-state index is -3.07. The van der Waals surface area contributed by atoms with Gasteiger partial charge in [0, 0.05) is 6.26 Å². The molecule has 0 aromatic heterocycles. The molecule has 3 heteroatoms. The zero-order chi connectivity index (χ0) is 11.5. The van der Waals surface area contributed by atoms with Crippen LogP contribution in [0.15, 0.2) is 35.2 Å². The van der Waals surface area contributed by atoms with Crippen molar-refractivity contribution in [1.29, 1.82) is 0 Å². The number of benzene rings is 1. The van der Waals surface area contributed by atoms with Gasteiger partial charge in [-0.25, -0.2) is 8.42 Å². The van der Waals surface area contributed by atoms with Crippen LogP contribution < -0.4 is 0 Å². The largest absolute Gasteiger partial charge is 0.224 e. The summed E-state index contributed by atoms with van der Waals surface area (Å²) >= 11 is 0. The summed E-state index contributed by atoms with van der Waals surface area (Å²) in [4.78, 5) is 0.365. The van der Waals surface area contributed by atoms with Crippen LogP contribution in [0.2, 0.25) is 0 Å². The maximum Gasteiger partial charge on any atom is 0.175 e. The molecule has 0 aliphatic heterocycles. The van der Waals surface area contributed by atoms with Crippen molar-refractivity contribution in [2.45, 2.75) is 18.7 Å². The molecule has 0 saturated carbocycles. The first-order chi connectivity index (χ1) is 6.89. The molecule has 0 N–H and O–H groups in total. The van der Waals surface area contributed by atoms with Crippen LogP contribution in [0.1, 0.15) is 19.4 Å². The number of allylic oxidation sites excluding steroid dienone is 1. The molecule has 0 bridgehead atoms. The predicted octanol–water partition coefficient (Wildman–Crippen LogP) is 2.76. The SMILES string of the molecule is CC(C)C=Cc1ccc(S(C)(=O)=O)cc1. The van der Waals surface area contributed by atoms with E-state index >= 15 is 0 Å². The van der Waals surface area contributed by atoms with Crippen molar-refractivity contribution in [3.05, 3.63) is 35.9 Å². The van der Waals surface area contributed by atoms with Gasteiger partial charge in [-0.15, -0.1) is 0 Å². The Kier molecular flexibility index (Phi) is 3.69. The molecular weight excluding hydrogens is 208 g/mol. The molecule has 0 amide bonds. The summed E-state index contributed by atoms with van der Waals surface area (Å²) in [5.41, 5.74) is 1.02. The van der Waals surface area contributed by atoms with E-state index in [4.69, 9.17) is 0 Å². The maximum atomic E-state index is 11.2. The molecule has 1 rings (SSSR count). The highest BCUT2D eigenvalue weighted by molar-refractivity contribution is 7.90. The van der Waals surface area contributed by atoms with Crippen molar-refractivity contribution in [2.75, 3.05) is 6.26 Å². The van der Waals surface area contributed by atoms with Crippen LogP contribution >= 0.6 is 0 Å². The summed E-state index contributed by atoms with van der Waals surface area (Å²) in [6, 6.07) is 6.90.